The summed E-state index contributed by atoms with van der Waals surface area (Å²) in [6.45, 7) is 6.73. The third kappa shape index (κ3) is 9.70. The van der Waals surface area contributed by atoms with Gasteiger partial charge in [-0.3, -0.25) is 0 Å². The maximum atomic E-state index is 5.64. The second kappa shape index (κ2) is 12.9. The number of unbranched alkanes of at least 4 members (excludes halogenated alkanes) is 1. The van der Waals surface area contributed by atoms with E-state index in [1.165, 1.54) is 11.5 Å². The highest BCUT2D eigenvalue weighted by atomic mass is 32.1. The van der Waals surface area contributed by atoms with Crippen molar-refractivity contribution in [2.45, 2.75) is 26.4 Å². The average Bonchev–Trinajstić information content (AvgIpc) is 2.89. The minimum Gasteiger partial charge on any atom is -0.388 e. The third-order valence-electron chi connectivity index (χ3n) is 2.58. The van der Waals surface area contributed by atoms with Gasteiger partial charge in [0.15, 0.2) is 0 Å². The van der Waals surface area contributed by atoms with Crippen molar-refractivity contribution in [3.05, 3.63) is 5.69 Å². The van der Waals surface area contributed by atoms with Crippen LogP contribution >= 0.6 is 11.5 Å². The number of hydrogen-bond acceptors (Lipinski definition) is 8. The molecular weight excluding hydrogens is 294 g/mol. The fourth-order valence-electron chi connectivity index (χ4n) is 1.39. The summed E-state index contributed by atoms with van der Waals surface area (Å²) in [4.78, 5) is 0. The predicted octanol–water partition coefficient (Wildman–Crippen LogP) is 1.49. The number of anilines is 1. The second-order valence-electron chi connectivity index (χ2n) is 4.33. The van der Waals surface area contributed by atoms with Gasteiger partial charge in [-0.15, -0.1) is 5.10 Å². The van der Waals surface area contributed by atoms with E-state index in [9.17, 15) is 0 Å². The first-order chi connectivity index (χ1) is 10.3. The first kappa shape index (κ1) is 18.2. The summed E-state index contributed by atoms with van der Waals surface area (Å²) in [5.41, 5.74) is 6.33. The lowest BCUT2D eigenvalue weighted by molar-refractivity contribution is -0.00457. The molecule has 122 valence electrons. The van der Waals surface area contributed by atoms with Crippen LogP contribution in [0.1, 0.15) is 25.5 Å². The summed E-state index contributed by atoms with van der Waals surface area (Å²) >= 11 is 1.17. The van der Waals surface area contributed by atoms with Gasteiger partial charge in [-0.25, -0.2) is 0 Å². The molecule has 0 radical (unpaired) electrons. The van der Waals surface area contributed by atoms with Crippen LogP contribution in [0.4, 0.5) is 5.00 Å². The van der Waals surface area contributed by atoms with Gasteiger partial charge >= 0.3 is 0 Å². The molecule has 0 aliphatic carbocycles. The van der Waals surface area contributed by atoms with Crippen LogP contribution in [-0.4, -0.2) is 55.8 Å². The van der Waals surface area contributed by atoms with Crippen LogP contribution < -0.4 is 5.73 Å². The Morgan fingerprint density at radius 1 is 0.905 bits per heavy atom. The smallest absolute Gasteiger partial charge is 0.133 e. The van der Waals surface area contributed by atoms with Gasteiger partial charge < -0.3 is 24.7 Å². The van der Waals surface area contributed by atoms with Crippen LogP contribution in [0.25, 0.3) is 0 Å². The van der Waals surface area contributed by atoms with Crippen molar-refractivity contribution >= 4 is 16.5 Å². The third-order valence-corrected chi connectivity index (χ3v) is 3.18. The summed E-state index contributed by atoms with van der Waals surface area (Å²) in [5.74, 6) is 0. The Hall–Kier alpha value is -0.800. The maximum absolute atomic E-state index is 5.64. The predicted molar refractivity (Wildman–Crippen MR) is 81.3 cm³/mol. The minimum absolute atomic E-state index is 0.372. The van der Waals surface area contributed by atoms with Gasteiger partial charge in [0.1, 0.15) is 10.7 Å². The Morgan fingerprint density at radius 3 is 2.00 bits per heavy atom. The molecule has 0 atom stereocenters. The fourth-order valence-corrected chi connectivity index (χ4v) is 1.82. The lowest BCUT2D eigenvalue weighted by Gasteiger charge is -2.07. The van der Waals surface area contributed by atoms with Crippen LogP contribution in [0.2, 0.25) is 0 Å². The molecule has 7 nitrogen and oxygen atoms in total. The highest BCUT2D eigenvalue weighted by molar-refractivity contribution is 7.09. The zero-order valence-electron chi connectivity index (χ0n) is 12.6. The number of hydrogen-bond donors (Lipinski definition) is 1. The molecule has 0 bridgehead atoms. The number of aromatic nitrogens is 2. The maximum Gasteiger partial charge on any atom is 0.133 e. The molecule has 0 saturated heterocycles. The molecule has 2 N–H and O–H groups in total. The summed E-state index contributed by atoms with van der Waals surface area (Å²) in [6.07, 6.45) is 2.26. The number of nitrogens with two attached hydrogens (primary N) is 1. The lowest BCUT2D eigenvalue weighted by atomic mass is 10.4. The van der Waals surface area contributed by atoms with Crippen molar-refractivity contribution in [1.82, 2.24) is 9.59 Å². The zero-order chi connectivity index (χ0) is 15.2. The molecule has 1 rings (SSSR count). The number of ether oxygens (including phenoxy) is 4. The van der Waals surface area contributed by atoms with Gasteiger partial charge in [-0.1, -0.05) is 17.8 Å². The van der Waals surface area contributed by atoms with Crippen molar-refractivity contribution in [1.29, 1.82) is 0 Å². The van der Waals surface area contributed by atoms with Gasteiger partial charge in [0.05, 0.1) is 46.2 Å². The molecule has 0 saturated carbocycles. The normalized spacial score (nSPS) is 11.1. The molecular formula is C13H25N3O4S. The Bertz CT molecular complexity index is 352. The molecule has 1 heterocycles. The molecule has 0 aromatic carbocycles. The van der Waals surface area contributed by atoms with E-state index in [1.54, 1.807) is 0 Å². The summed E-state index contributed by atoms with van der Waals surface area (Å²) in [5, 5.41) is 4.46. The summed E-state index contributed by atoms with van der Waals surface area (Å²) < 4.78 is 25.2. The monoisotopic (exact) mass is 319 g/mol. The average molecular weight is 319 g/mol. The highest BCUT2D eigenvalue weighted by Gasteiger charge is 2.03. The Labute approximate surface area is 129 Å². The lowest BCUT2D eigenvalue weighted by Crippen LogP contribution is -2.12. The molecule has 0 amide bonds. The molecule has 21 heavy (non-hydrogen) atoms. The van der Waals surface area contributed by atoms with E-state index in [2.05, 4.69) is 16.5 Å². The molecule has 0 unspecified atom stereocenters. The van der Waals surface area contributed by atoms with Gasteiger partial charge in [0.2, 0.25) is 0 Å². The van der Waals surface area contributed by atoms with E-state index in [1.807, 2.05) is 0 Å². The van der Waals surface area contributed by atoms with Gasteiger partial charge in [0, 0.05) is 18.1 Å². The van der Waals surface area contributed by atoms with Crippen molar-refractivity contribution in [2.24, 2.45) is 0 Å². The summed E-state index contributed by atoms with van der Waals surface area (Å²) in [7, 11) is 0. The van der Waals surface area contributed by atoms with Crippen LogP contribution in [0.5, 0.6) is 0 Å². The quantitative estimate of drug-likeness (QED) is 0.520. The van der Waals surface area contributed by atoms with Gasteiger partial charge in [-0.2, -0.15) is 0 Å². The Kier molecular flexibility index (Phi) is 11.2. The van der Waals surface area contributed by atoms with Crippen molar-refractivity contribution in [3.63, 3.8) is 0 Å². The first-order valence-electron chi connectivity index (χ1n) is 7.22. The van der Waals surface area contributed by atoms with E-state index in [0.717, 1.165) is 19.4 Å². The Morgan fingerprint density at radius 2 is 1.48 bits per heavy atom. The van der Waals surface area contributed by atoms with Crippen LogP contribution in [0, 0.1) is 0 Å². The van der Waals surface area contributed by atoms with E-state index in [0.29, 0.717) is 56.9 Å². The zero-order valence-corrected chi connectivity index (χ0v) is 13.4. The van der Waals surface area contributed by atoms with E-state index in [-0.39, 0.29) is 0 Å². The summed E-state index contributed by atoms with van der Waals surface area (Å²) in [6, 6.07) is 0. The number of nitrogen functional groups attached to an aromatic ring is 1. The van der Waals surface area contributed by atoms with Crippen molar-refractivity contribution in [2.75, 3.05) is 52.0 Å². The molecule has 0 spiro atoms. The number of rotatable bonds is 14. The van der Waals surface area contributed by atoms with Crippen molar-refractivity contribution in [3.8, 4) is 0 Å². The van der Waals surface area contributed by atoms with Crippen LogP contribution in [0.15, 0.2) is 0 Å². The van der Waals surface area contributed by atoms with Crippen LogP contribution in [-0.2, 0) is 25.6 Å². The van der Waals surface area contributed by atoms with E-state index < -0.39 is 0 Å². The molecule has 1 aromatic heterocycles. The van der Waals surface area contributed by atoms with Gasteiger partial charge in [-0.05, 0) is 6.42 Å². The standard InChI is InChI=1S/C13H25N3O4S/c1-2-3-4-17-5-6-18-7-8-19-9-10-20-11-12-13(14)21-16-15-12/h2-11,14H2,1H3. The fraction of sp³-hybridized carbons (Fsp3) is 0.846. The van der Waals surface area contributed by atoms with Gasteiger partial charge in [0.25, 0.3) is 0 Å². The number of nitrogens with zero attached hydrogens (tertiary/aromatic N) is 2. The minimum atomic E-state index is 0.372. The SMILES string of the molecule is CCCCOCCOCCOCCOCc1nnsc1N. The second-order valence-corrected chi connectivity index (χ2v) is 5.11. The van der Waals surface area contributed by atoms with E-state index in [4.69, 9.17) is 24.7 Å². The topological polar surface area (TPSA) is 88.7 Å². The van der Waals surface area contributed by atoms with E-state index >= 15 is 0 Å². The highest BCUT2D eigenvalue weighted by Crippen LogP contribution is 2.12. The molecule has 0 aliphatic heterocycles. The molecule has 8 heteroatoms. The molecule has 0 fully saturated rings. The van der Waals surface area contributed by atoms with Crippen molar-refractivity contribution < 1.29 is 18.9 Å². The Balaban J connectivity index is 1.76. The van der Waals surface area contributed by atoms with Crippen LogP contribution in [0.3, 0.4) is 0 Å². The molecule has 0 aliphatic rings. The molecule has 1 aromatic rings. The largest absolute Gasteiger partial charge is 0.388 e. The first-order valence-corrected chi connectivity index (χ1v) is 7.99.